The molecule has 1 heterocycles. The van der Waals surface area contributed by atoms with Crippen molar-refractivity contribution in [2.45, 2.75) is 24.3 Å². The van der Waals surface area contributed by atoms with E-state index in [9.17, 15) is 8.42 Å². The van der Waals surface area contributed by atoms with E-state index in [0.717, 1.165) is 19.5 Å². The molecule has 0 aliphatic carbocycles. The third kappa shape index (κ3) is 3.79. The van der Waals surface area contributed by atoms with Crippen molar-refractivity contribution in [1.29, 1.82) is 0 Å². The predicted octanol–water partition coefficient (Wildman–Crippen LogP) is 0.939. The van der Waals surface area contributed by atoms with E-state index in [2.05, 4.69) is 16.5 Å². The zero-order valence-corrected chi connectivity index (χ0v) is 13.9. The van der Waals surface area contributed by atoms with Crippen LogP contribution in [0.1, 0.15) is 18.9 Å². The monoisotopic (exact) mass is 327 g/mol. The highest BCUT2D eigenvalue weighted by molar-refractivity contribution is 7.89. The predicted molar refractivity (Wildman–Crippen MR) is 87.7 cm³/mol. The second kappa shape index (κ2) is 6.39. The normalized spacial score (nSPS) is 23.9. The lowest BCUT2D eigenvalue weighted by molar-refractivity contribution is 0.188. The van der Waals surface area contributed by atoms with Crippen LogP contribution in [0.25, 0.3) is 0 Å². The number of rotatable bonds is 4. The molecule has 116 valence electrons. The Bertz CT molecular complexity index is 631. The molecule has 0 amide bonds. The molecule has 5 nitrogen and oxygen atoms in total. The first-order valence-electron chi connectivity index (χ1n) is 6.91. The lowest BCUT2D eigenvalue weighted by atomic mass is 9.95. The summed E-state index contributed by atoms with van der Waals surface area (Å²) in [5.74, 6) is 0.260. The fourth-order valence-corrected chi connectivity index (χ4v) is 4.54. The molecular formula is C14H21N3O2S2. The fraction of sp³-hybridized carbons (Fsp3) is 0.500. The third-order valence-corrected chi connectivity index (χ3v) is 5.62. The van der Waals surface area contributed by atoms with E-state index in [-0.39, 0.29) is 21.8 Å². The van der Waals surface area contributed by atoms with Crippen molar-refractivity contribution in [1.82, 2.24) is 9.62 Å². The van der Waals surface area contributed by atoms with Gasteiger partial charge in [-0.2, -0.15) is 0 Å². The maximum Gasteiger partial charge on any atom is 0.241 e. The van der Waals surface area contributed by atoms with Gasteiger partial charge in [-0.3, -0.25) is 0 Å². The van der Waals surface area contributed by atoms with Crippen LogP contribution in [0.15, 0.2) is 29.2 Å². The van der Waals surface area contributed by atoms with Gasteiger partial charge in [0.2, 0.25) is 10.0 Å². The number of piperidine rings is 1. The van der Waals surface area contributed by atoms with E-state index in [1.807, 2.05) is 7.05 Å². The van der Waals surface area contributed by atoms with Gasteiger partial charge >= 0.3 is 0 Å². The Hall–Kier alpha value is -1.02. The van der Waals surface area contributed by atoms with Gasteiger partial charge in [0.05, 0.1) is 4.90 Å². The summed E-state index contributed by atoms with van der Waals surface area (Å²) in [4.78, 5) is 2.45. The number of nitrogens with one attached hydrogen (secondary N) is 1. The molecule has 2 rings (SSSR count). The van der Waals surface area contributed by atoms with Crippen LogP contribution in [0.3, 0.4) is 0 Å². The van der Waals surface area contributed by atoms with Crippen molar-refractivity contribution in [2.24, 2.45) is 11.7 Å². The smallest absolute Gasteiger partial charge is 0.241 e. The van der Waals surface area contributed by atoms with Gasteiger partial charge in [-0.15, -0.1) is 0 Å². The Morgan fingerprint density at radius 2 is 2.10 bits per heavy atom. The molecule has 0 saturated carbocycles. The summed E-state index contributed by atoms with van der Waals surface area (Å²) in [6.45, 7) is 3.82. The third-order valence-electron chi connectivity index (χ3n) is 3.86. The average Bonchev–Trinajstić information content (AvgIpc) is 2.42. The van der Waals surface area contributed by atoms with E-state index < -0.39 is 10.0 Å². The zero-order valence-electron chi connectivity index (χ0n) is 12.2. The molecule has 0 aromatic heterocycles. The number of hydrogen-bond acceptors (Lipinski definition) is 4. The molecule has 3 N–H and O–H groups in total. The second-order valence-electron chi connectivity index (χ2n) is 5.62. The fourth-order valence-electron chi connectivity index (χ4n) is 2.70. The number of nitrogens with zero attached hydrogens (tertiary/aromatic N) is 1. The Kier molecular flexibility index (Phi) is 4.98. The van der Waals surface area contributed by atoms with Crippen molar-refractivity contribution in [3.8, 4) is 0 Å². The SMILES string of the molecule is CC1CN(C)CCC1NS(=O)(=O)c1ccccc1C(N)=S. The Morgan fingerprint density at radius 1 is 1.43 bits per heavy atom. The second-order valence-corrected chi connectivity index (χ2v) is 7.74. The Balaban J connectivity index is 2.25. The van der Waals surface area contributed by atoms with Gasteiger partial charge in [0.25, 0.3) is 0 Å². The number of likely N-dealkylation sites (tertiary alicyclic amines) is 1. The largest absolute Gasteiger partial charge is 0.389 e. The molecule has 0 radical (unpaired) electrons. The van der Waals surface area contributed by atoms with Crippen molar-refractivity contribution in [3.63, 3.8) is 0 Å². The topological polar surface area (TPSA) is 75.4 Å². The summed E-state index contributed by atoms with van der Waals surface area (Å²) in [5.41, 5.74) is 6.01. The molecule has 1 aliphatic heterocycles. The maximum absolute atomic E-state index is 12.6. The number of sulfonamides is 1. The van der Waals surface area contributed by atoms with Crippen LogP contribution in [0.2, 0.25) is 0 Å². The molecule has 21 heavy (non-hydrogen) atoms. The average molecular weight is 327 g/mol. The summed E-state index contributed by atoms with van der Waals surface area (Å²) >= 11 is 4.94. The maximum atomic E-state index is 12.6. The highest BCUT2D eigenvalue weighted by Crippen LogP contribution is 2.20. The van der Waals surface area contributed by atoms with Crippen LogP contribution in [0, 0.1) is 5.92 Å². The van der Waals surface area contributed by atoms with Crippen molar-refractivity contribution in [3.05, 3.63) is 29.8 Å². The van der Waals surface area contributed by atoms with Crippen molar-refractivity contribution < 1.29 is 8.42 Å². The van der Waals surface area contributed by atoms with E-state index in [1.165, 1.54) is 6.07 Å². The lowest BCUT2D eigenvalue weighted by Gasteiger charge is -2.35. The van der Waals surface area contributed by atoms with E-state index in [0.29, 0.717) is 5.56 Å². The summed E-state index contributed by atoms with van der Waals surface area (Å²) in [7, 11) is -1.58. The number of nitrogens with two attached hydrogens (primary N) is 1. The molecule has 1 fully saturated rings. The van der Waals surface area contributed by atoms with Gasteiger partial charge in [0.1, 0.15) is 4.99 Å². The first kappa shape index (κ1) is 16.4. The van der Waals surface area contributed by atoms with E-state index in [4.69, 9.17) is 18.0 Å². The molecule has 0 bridgehead atoms. The highest BCUT2D eigenvalue weighted by Gasteiger charge is 2.29. The van der Waals surface area contributed by atoms with Crippen LogP contribution in [0.4, 0.5) is 0 Å². The minimum Gasteiger partial charge on any atom is -0.389 e. The molecule has 2 atom stereocenters. The summed E-state index contributed by atoms with van der Waals surface area (Å²) in [6.07, 6.45) is 0.798. The molecule has 0 spiro atoms. The van der Waals surface area contributed by atoms with Gasteiger partial charge in [0.15, 0.2) is 0 Å². The Labute approximate surface area is 131 Å². The molecule has 7 heteroatoms. The van der Waals surface area contributed by atoms with Crippen LogP contribution < -0.4 is 10.5 Å². The first-order chi connectivity index (χ1) is 9.81. The van der Waals surface area contributed by atoms with Crippen LogP contribution in [-0.4, -0.2) is 44.5 Å². The Morgan fingerprint density at radius 3 is 2.71 bits per heavy atom. The molecule has 1 aromatic carbocycles. The number of benzene rings is 1. The van der Waals surface area contributed by atoms with Crippen molar-refractivity contribution in [2.75, 3.05) is 20.1 Å². The molecule has 1 saturated heterocycles. The lowest BCUT2D eigenvalue weighted by Crippen LogP contribution is -2.48. The quantitative estimate of drug-likeness (QED) is 0.805. The summed E-state index contributed by atoms with van der Waals surface area (Å²) in [5, 5.41) is 0. The van der Waals surface area contributed by atoms with Gasteiger partial charge in [0, 0.05) is 18.2 Å². The van der Waals surface area contributed by atoms with Gasteiger partial charge in [-0.25, -0.2) is 13.1 Å². The van der Waals surface area contributed by atoms with Gasteiger partial charge < -0.3 is 10.6 Å². The zero-order chi connectivity index (χ0) is 15.6. The first-order valence-corrected chi connectivity index (χ1v) is 8.80. The minimum absolute atomic E-state index is 0.0643. The van der Waals surface area contributed by atoms with Crippen LogP contribution >= 0.6 is 12.2 Å². The molecule has 1 aromatic rings. The van der Waals surface area contributed by atoms with E-state index >= 15 is 0 Å². The highest BCUT2D eigenvalue weighted by atomic mass is 32.2. The van der Waals surface area contributed by atoms with Crippen molar-refractivity contribution >= 4 is 27.2 Å². The minimum atomic E-state index is -3.62. The molecule has 1 aliphatic rings. The van der Waals surface area contributed by atoms with E-state index in [1.54, 1.807) is 18.2 Å². The number of hydrogen-bond donors (Lipinski definition) is 2. The van der Waals surface area contributed by atoms with Crippen LogP contribution in [-0.2, 0) is 10.0 Å². The summed E-state index contributed by atoms with van der Waals surface area (Å²) in [6, 6.07) is 6.51. The van der Waals surface area contributed by atoms with Gasteiger partial charge in [-0.05, 0) is 32.0 Å². The van der Waals surface area contributed by atoms with Crippen LogP contribution in [0.5, 0.6) is 0 Å². The number of thiocarbonyl (C=S) groups is 1. The molecular weight excluding hydrogens is 306 g/mol. The standard InChI is InChI=1S/C14H21N3O2S2/c1-10-9-17(2)8-7-12(10)16-21(18,19)13-6-4-3-5-11(13)14(15)20/h3-6,10,12,16H,7-9H2,1-2H3,(H2,15,20). The summed E-state index contributed by atoms with van der Waals surface area (Å²) < 4.78 is 28.0. The molecule has 2 unspecified atom stereocenters. The van der Waals surface area contributed by atoms with Gasteiger partial charge in [-0.1, -0.05) is 37.3 Å².